The van der Waals surface area contributed by atoms with E-state index in [-0.39, 0.29) is 16.0 Å². The van der Waals surface area contributed by atoms with Crippen LogP contribution < -0.4 is 10.2 Å². The summed E-state index contributed by atoms with van der Waals surface area (Å²) >= 11 is 0. The van der Waals surface area contributed by atoms with E-state index in [0.717, 1.165) is 30.6 Å². The average molecular weight is 606 g/mol. The van der Waals surface area contributed by atoms with E-state index in [1.165, 1.54) is 33.1 Å². The number of nitrogens with zero attached hydrogens (tertiary/aromatic N) is 5. The van der Waals surface area contributed by atoms with Crippen molar-refractivity contribution in [3.05, 3.63) is 118 Å². The van der Waals surface area contributed by atoms with Gasteiger partial charge in [0.15, 0.2) is 0 Å². The molecule has 0 spiro atoms. The SMILES string of the molecule is CCN(CC)[P@@](/C=C1\N(C)c2ccccc2C1(C)C)(=Nc1ccccc1[N+](=O)[O-])c1ccc2c(c1)c1ccccc1n2CC. The van der Waals surface area contributed by atoms with Gasteiger partial charge in [0.05, 0.1) is 12.1 Å². The Hall–Kier alpha value is -4.19. The molecule has 4 aromatic carbocycles. The van der Waals surface area contributed by atoms with Crippen LogP contribution in [0.2, 0.25) is 0 Å². The van der Waals surface area contributed by atoms with E-state index >= 15 is 0 Å². The van der Waals surface area contributed by atoms with Crippen molar-refractivity contribution in [1.82, 2.24) is 9.24 Å². The molecule has 0 saturated heterocycles. The second kappa shape index (κ2) is 11.4. The number of benzene rings is 4. The molecule has 1 aliphatic rings. The molecular weight excluding hydrogens is 565 g/mol. The third kappa shape index (κ3) is 4.58. The lowest BCUT2D eigenvalue weighted by molar-refractivity contribution is -0.384. The average Bonchev–Trinajstić information content (AvgIpc) is 3.45. The van der Waals surface area contributed by atoms with E-state index < -0.39 is 7.21 Å². The molecule has 0 amide bonds. The van der Waals surface area contributed by atoms with Crippen LogP contribution in [0.1, 0.15) is 40.2 Å². The van der Waals surface area contributed by atoms with Crippen molar-refractivity contribution in [2.75, 3.05) is 25.0 Å². The van der Waals surface area contributed by atoms with Crippen LogP contribution in [0.25, 0.3) is 21.8 Å². The van der Waals surface area contributed by atoms with E-state index in [1.807, 2.05) is 6.07 Å². The lowest BCUT2D eigenvalue weighted by atomic mass is 9.84. The molecule has 0 bridgehead atoms. The second-order valence-electron chi connectivity index (χ2n) is 11.8. The number of nitro benzene ring substituents is 1. The van der Waals surface area contributed by atoms with Crippen molar-refractivity contribution < 1.29 is 4.92 Å². The largest absolute Gasteiger partial charge is 0.347 e. The number of likely N-dealkylation sites (N-methyl/N-ethyl adjacent to an activating group) is 1. The fourth-order valence-corrected chi connectivity index (χ4v) is 10.7. The first kappa shape index (κ1) is 29.9. The molecule has 0 unspecified atom stereocenters. The molecule has 0 aliphatic carbocycles. The van der Waals surface area contributed by atoms with Crippen LogP contribution in [0.15, 0.2) is 107 Å². The topological polar surface area (TPSA) is 66.9 Å². The summed E-state index contributed by atoms with van der Waals surface area (Å²) in [6.07, 6.45) is 0. The number of hydrogen-bond donors (Lipinski definition) is 0. The van der Waals surface area contributed by atoms with E-state index in [2.05, 4.69) is 128 Å². The van der Waals surface area contributed by atoms with E-state index in [1.54, 1.807) is 18.2 Å². The molecule has 5 aromatic rings. The number of hydrogen-bond acceptors (Lipinski definition) is 4. The molecule has 0 radical (unpaired) electrons. The van der Waals surface area contributed by atoms with E-state index in [0.29, 0.717) is 5.69 Å². The number of nitro groups is 1. The molecule has 0 fully saturated rings. The Bertz CT molecular complexity index is 1990. The smallest absolute Gasteiger partial charge is 0.294 e. The molecule has 1 aromatic heterocycles. The van der Waals surface area contributed by atoms with Crippen LogP contribution >= 0.6 is 7.21 Å². The Labute approximate surface area is 259 Å². The van der Waals surface area contributed by atoms with Crippen molar-refractivity contribution >= 4 is 51.4 Å². The summed E-state index contributed by atoms with van der Waals surface area (Å²) in [5.41, 5.74) is 6.11. The van der Waals surface area contributed by atoms with Crippen LogP contribution in [0.4, 0.5) is 17.1 Å². The third-order valence-corrected chi connectivity index (χ3v) is 12.8. The molecule has 7 nitrogen and oxygen atoms in total. The minimum Gasteiger partial charge on any atom is -0.347 e. The summed E-state index contributed by atoms with van der Waals surface area (Å²) in [6.45, 7) is 13.4. The van der Waals surface area contributed by atoms with Gasteiger partial charge < -0.3 is 9.47 Å². The zero-order valence-electron chi connectivity index (χ0n) is 26.4. The van der Waals surface area contributed by atoms with Gasteiger partial charge in [0.25, 0.3) is 5.69 Å². The molecule has 1 aliphatic heterocycles. The summed E-state index contributed by atoms with van der Waals surface area (Å²) in [5, 5.41) is 15.7. The van der Waals surface area contributed by atoms with Crippen molar-refractivity contribution in [3.63, 3.8) is 0 Å². The minimum atomic E-state index is -2.78. The van der Waals surface area contributed by atoms with Gasteiger partial charge in [-0.1, -0.05) is 76.2 Å². The fraction of sp³-hybridized carbons (Fsp3) is 0.278. The first-order valence-corrected chi connectivity index (χ1v) is 17.1. The number of allylic oxidation sites excluding steroid dienone is 1. The van der Waals surface area contributed by atoms with Gasteiger partial charge in [-0.3, -0.25) is 14.8 Å². The van der Waals surface area contributed by atoms with Crippen molar-refractivity contribution in [1.29, 1.82) is 0 Å². The highest BCUT2D eigenvalue weighted by atomic mass is 31.2. The van der Waals surface area contributed by atoms with E-state index in [9.17, 15) is 10.1 Å². The standard InChI is InChI=1S/C36H40N5O2P/c1-7-39(8-2)44(37-30-18-12-15-21-34(30)41(42)43,25-35-36(4,5)29-17-11-14-20-33(29)38(35)6)26-22-23-32-28(24-26)27-16-10-13-19-31(27)40(32)9-3/h10-25H,7-9H2,1-6H3/b35-25-/t44-/m1/s1. The Balaban J connectivity index is 1.76. The van der Waals surface area contributed by atoms with Gasteiger partial charge >= 0.3 is 0 Å². The highest BCUT2D eigenvalue weighted by Crippen LogP contribution is 2.61. The zero-order valence-corrected chi connectivity index (χ0v) is 27.3. The quantitative estimate of drug-likeness (QED) is 0.100. The summed E-state index contributed by atoms with van der Waals surface area (Å²) in [5.74, 6) is 2.37. The van der Waals surface area contributed by atoms with Crippen molar-refractivity contribution in [2.45, 2.75) is 46.6 Å². The molecule has 226 valence electrons. The number of aryl methyl sites for hydroxylation is 1. The van der Waals surface area contributed by atoms with Gasteiger partial charge in [-0.05, 0) is 54.7 Å². The summed E-state index contributed by atoms with van der Waals surface area (Å²) < 4.78 is 10.3. The molecule has 8 heteroatoms. The van der Waals surface area contributed by atoms with Crippen LogP contribution in [0.3, 0.4) is 0 Å². The molecule has 2 heterocycles. The fourth-order valence-electron chi connectivity index (χ4n) is 6.98. The molecule has 1 atom stereocenters. The minimum absolute atomic E-state index is 0.0217. The zero-order chi connectivity index (χ0) is 31.2. The molecular formula is C36H40N5O2P. The molecule has 6 rings (SSSR count). The second-order valence-corrected chi connectivity index (χ2v) is 14.7. The van der Waals surface area contributed by atoms with Gasteiger partial charge in [-0.2, -0.15) is 0 Å². The summed E-state index contributed by atoms with van der Waals surface area (Å²) in [6, 6.07) is 30.7. The third-order valence-electron chi connectivity index (χ3n) is 9.19. The predicted octanol–water partition coefficient (Wildman–Crippen LogP) is 9.41. The number of para-hydroxylation sites is 3. The Morgan fingerprint density at radius 3 is 2.25 bits per heavy atom. The Morgan fingerprint density at radius 2 is 1.55 bits per heavy atom. The maximum atomic E-state index is 12.3. The number of aromatic nitrogens is 1. The van der Waals surface area contributed by atoms with Gasteiger partial charge in [0.1, 0.15) is 5.69 Å². The molecule has 44 heavy (non-hydrogen) atoms. The van der Waals surface area contributed by atoms with Crippen molar-refractivity contribution in [3.8, 4) is 0 Å². The Morgan fingerprint density at radius 1 is 0.886 bits per heavy atom. The highest BCUT2D eigenvalue weighted by molar-refractivity contribution is 7.74. The Kier molecular flexibility index (Phi) is 7.73. The predicted molar refractivity (Wildman–Crippen MR) is 186 cm³/mol. The molecule has 0 saturated carbocycles. The molecule has 0 N–H and O–H groups in total. The summed E-state index contributed by atoms with van der Waals surface area (Å²) in [4.78, 5) is 14.2. The highest BCUT2D eigenvalue weighted by Gasteiger charge is 2.41. The monoisotopic (exact) mass is 605 g/mol. The first-order chi connectivity index (χ1) is 21.2. The normalized spacial score (nSPS) is 16.5. The maximum Gasteiger partial charge on any atom is 0.294 e. The lowest BCUT2D eigenvalue weighted by Gasteiger charge is -2.36. The van der Waals surface area contributed by atoms with Gasteiger partial charge in [-0.25, -0.2) is 4.74 Å². The van der Waals surface area contributed by atoms with Gasteiger partial charge in [-0.15, -0.1) is 0 Å². The van der Waals surface area contributed by atoms with Crippen LogP contribution in [-0.4, -0.2) is 34.3 Å². The van der Waals surface area contributed by atoms with Crippen LogP contribution in [0.5, 0.6) is 0 Å². The van der Waals surface area contributed by atoms with Gasteiger partial charge in [0.2, 0.25) is 0 Å². The van der Waals surface area contributed by atoms with E-state index in [4.69, 9.17) is 4.74 Å². The maximum absolute atomic E-state index is 12.3. The van der Waals surface area contributed by atoms with Crippen LogP contribution in [0, 0.1) is 10.1 Å². The number of fused-ring (bicyclic) bond motifs is 4. The summed E-state index contributed by atoms with van der Waals surface area (Å²) in [7, 11) is -0.658. The van der Waals surface area contributed by atoms with Crippen molar-refractivity contribution in [2.24, 2.45) is 4.74 Å². The lowest BCUT2D eigenvalue weighted by Crippen LogP contribution is -2.28. The first-order valence-electron chi connectivity index (χ1n) is 15.4. The van der Waals surface area contributed by atoms with Crippen LogP contribution in [-0.2, 0) is 12.0 Å². The number of rotatable bonds is 8. The number of anilines is 1. The van der Waals surface area contributed by atoms with Gasteiger partial charge in [0, 0.05) is 76.7 Å².